The molecule has 0 aromatic heterocycles. The number of ether oxygens (including phenoxy) is 2. The molecule has 0 radical (unpaired) electrons. The van der Waals surface area contributed by atoms with Gasteiger partial charge >= 0.3 is 0 Å². The Morgan fingerprint density at radius 1 is 1.07 bits per heavy atom. The number of carbonyl (C=O) groups excluding carboxylic acids is 1. The zero-order valence-corrected chi connectivity index (χ0v) is 17.8. The van der Waals surface area contributed by atoms with Gasteiger partial charge in [0, 0.05) is 31.2 Å². The van der Waals surface area contributed by atoms with E-state index in [2.05, 4.69) is 0 Å². The zero-order chi connectivity index (χ0) is 21.1. The zero-order valence-electron chi connectivity index (χ0n) is 17.0. The van der Waals surface area contributed by atoms with Crippen LogP contribution in [0.4, 0.5) is 0 Å². The second kappa shape index (κ2) is 8.75. The molecule has 0 atom stereocenters. The lowest BCUT2D eigenvalue weighted by atomic mass is 10.1. The summed E-state index contributed by atoms with van der Waals surface area (Å²) in [4.78, 5) is 15.2. The molecule has 30 heavy (non-hydrogen) atoms. The van der Waals surface area contributed by atoms with Crippen molar-refractivity contribution < 1.29 is 22.7 Å². The van der Waals surface area contributed by atoms with Crippen molar-refractivity contribution in [2.24, 2.45) is 0 Å². The highest BCUT2D eigenvalue weighted by atomic mass is 32.2. The van der Waals surface area contributed by atoms with Crippen LogP contribution in [-0.4, -0.2) is 63.0 Å². The Labute approximate surface area is 177 Å². The second-order valence-electron chi connectivity index (χ2n) is 7.55. The molecule has 2 aromatic rings. The molecule has 1 amide bonds. The average Bonchev–Trinajstić information content (AvgIpc) is 3.63. The molecule has 4 rings (SSSR count). The summed E-state index contributed by atoms with van der Waals surface area (Å²) in [5, 5.41) is 0. The van der Waals surface area contributed by atoms with E-state index in [1.165, 1.54) is 16.4 Å². The Balaban J connectivity index is 1.49. The highest BCUT2D eigenvalue weighted by Gasteiger charge is 2.33. The van der Waals surface area contributed by atoms with Gasteiger partial charge in [-0.3, -0.25) is 4.79 Å². The molecule has 2 aromatic carbocycles. The Morgan fingerprint density at radius 2 is 1.70 bits per heavy atom. The van der Waals surface area contributed by atoms with E-state index in [1.54, 1.807) is 19.2 Å². The molecule has 1 saturated heterocycles. The fraction of sp³-hybridized carbons (Fsp3) is 0.409. The molecule has 1 heterocycles. The summed E-state index contributed by atoms with van der Waals surface area (Å²) in [5.74, 6) is 0.698. The smallest absolute Gasteiger partial charge is 0.254 e. The minimum absolute atomic E-state index is 0.0800. The van der Waals surface area contributed by atoms with Crippen LogP contribution in [0.25, 0.3) is 0 Å². The van der Waals surface area contributed by atoms with E-state index in [9.17, 15) is 13.2 Å². The third-order valence-electron chi connectivity index (χ3n) is 5.47. The molecule has 7 nitrogen and oxygen atoms in total. The van der Waals surface area contributed by atoms with Crippen molar-refractivity contribution in [2.75, 3.05) is 33.4 Å². The summed E-state index contributed by atoms with van der Waals surface area (Å²) in [6, 6.07) is 14.2. The van der Waals surface area contributed by atoms with Gasteiger partial charge in [-0.25, -0.2) is 8.42 Å². The first-order chi connectivity index (χ1) is 14.5. The minimum Gasteiger partial charge on any atom is -0.497 e. The van der Waals surface area contributed by atoms with Crippen molar-refractivity contribution in [3.63, 3.8) is 0 Å². The van der Waals surface area contributed by atoms with Crippen molar-refractivity contribution in [1.29, 1.82) is 0 Å². The molecule has 0 unspecified atom stereocenters. The molecule has 1 aliphatic heterocycles. The fourth-order valence-electron chi connectivity index (χ4n) is 3.55. The van der Waals surface area contributed by atoms with Crippen molar-refractivity contribution in [1.82, 2.24) is 9.21 Å². The van der Waals surface area contributed by atoms with E-state index in [0.717, 1.165) is 24.2 Å². The van der Waals surface area contributed by atoms with Gasteiger partial charge in [0.2, 0.25) is 10.0 Å². The van der Waals surface area contributed by atoms with Gasteiger partial charge in [0.25, 0.3) is 5.91 Å². The number of morpholine rings is 1. The average molecular weight is 431 g/mol. The monoisotopic (exact) mass is 430 g/mol. The first-order valence-corrected chi connectivity index (χ1v) is 11.5. The van der Waals surface area contributed by atoms with Crippen molar-refractivity contribution in [3.8, 4) is 5.75 Å². The Bertz CT molecular complexity index is 979. The van der Waals surface area contributed by atoms with Crippen LogP contribution in [0, 0.1) is 0 Å². The fourth-order valence-corrected chi connectivity index (χ4v) is 4.96. The molecule has 1 aliphatic carbocycles. The van der Waals surface area contributed by atoms with E-state index in [4.69, 9.17) is 9.47 Å². The first-order valence-electron chi connectivity index (χ1n) is 10.1. The minimum atomic E-state index is -3.57. The SMILES string of the molecule is COc1ccc(CN(C(=O)c2ccc(S(=O)(=O)N3CCOCC3)cc2)C2CC2)cc1. The van der Waals surface area contributed by atoms with E-state index in [0.29, 0.717) is 38.4 Å². The van der Waals surface area contributed by atoms with Crippen molar-refractivity contribution in [2.45, 2.75) is 30.3 Å². The van der Waals surface area contributed by atoms with Gasteiger partial charge < -0.3 is 14.4 Å². The Hall–Kier alpha value is -2.42. The molecular weight excluding hydrogens is 404 g/mol. The van der Waals surface area contributed by atoms with Crippen LogP contribution >= 0.6 is 0 Å². The van der Waals surface area contributed by atoms with E-state index in [1.807, 2.05) is 29.2 Å². The van der Waals surface area contributed by atoms with Crippen LogP contribution in [0.5, 0.6) is 5.75 Å². The number of sulfonamides is 1. The lowest BCUT2D eigenvalue weighted by Gasteiger charge is -2.26. The topological polar surface area (TPSA) is 76.2 Å². The maximum atomic E-state index is 13.1. The van der Waals surface area contributed by atoms with Gasteiger partial charge in [0.15, 0.2) is 0 Å². The third kappa shape index (κ3) is 4.50. The Kier molecular flexibility index (Phi) is 6.08. The standard InChI is InChI=1S/C22H26N2O5S/c1-28-20-8-2-17(3-9-20)16-24(19-6-7-19)22(25)18-4-10-21(11-5-18)30(26,27)23-12-14-29-15-13-23/h2-5,8-11,19H,6-7,12-16H2,1H3. The van der Waals surface area contributed by atoms with Crippen LogP contribution in [0.2, 0.25) is 0 Å². The number of nitrogens with zero attached hydrogens (tertiary/aromatic N) is 2. The normalized spacial score (nSPS) is 17.5. The summed E-state index contributed by atoms with van der Waals surface area (Å²) >= 11 is 0. The van der Waals surface area contributed by atoms with E-state index >= 15 is 0 Å². The summed E-state index contributed by atoms with van der Waals surface area (Å²) in [5.41, 5.74) is 1.53. The number of methoxy groups -OCH3 is 1. The van der Waals surface area contributed by atoms with Crippen LogP contribution in [0.3, 0.4) is 0 Å². The number of benzene rings is 2. The molecule has 2 aliphatic rings. The number of rotatable bonds is 7. The summed E-state index contributed by atoms with van der Waals surface area (Å²) < 4.78 is 37.4. The molecular formula is C22H26N2O5S. The lowest BCUT2D eigenvalue weighted by Crippen LogP contribution is -2.40. The molecule has 1 saturated carbocycles. The van der Waals surface area contributed by atoms with Gasteiger partial charge in [0.05, 0.1) is 25.2 Å². The molecule has 0 bridgehead atoms. The van der Waals surface area contributed by atoms with Crippen LogP contribution < -0.4 is 4.74 Å². The lowest BCUT2D eigenvalue weighted by molar-refractivity contribution is 0.0729. The van der Waals surface area contributed by atoms with Crippen molar-refractivity contribution in [3.05, 3.63) is 59.7 Å². The molecule has 0 N–H and O–H groups in total. The largest absolute Gasteiger partial charge is 0.497 e. The summed E-state index contributed by atoms with van der Waals surface area (Å²) in [7, 11) is -1.94. The van der Waals surface area contributed by atoms with Crippen LogP contribution in [-0.2, 0) is 21.3 Å². The number of carbonyl (C=O) groups is 1. The second-order valence-corrected chi connectivity index (χ2v) is 9.49. The van der Waals surface area contributed by atoms with Gasteiger partial charge in [-0.1, -0.05) is 12.1 Å². The molecule has 8 heteroatoms. The van der Waals surface area contributed by atoms with Crippen LogP contribution in [0.1, 0.15) is 28.8 Å². The maximum absolute atomic E-state index is 13.1. The summed E-state index contributed by atoms with van der Waals surface area (Å²) in [6.45, 7) is 2.01. The maximum Gasteiger partial charge on any atom is 0.254 e. The van der Waals surface area contributed by atoms with Gasteiger partial charge in [-0.15, -0.1) is 0 Å². The van der Waals surface area contributed by atoms with Crippen LogP contribution in [0.15, 0.2) is 53.4 Å². The highest BCUT2D eigenvalue weighted by Crippen LogP contribution is 2.30. The Morgan fingerprint density at radius 3 is 2.27 bits per heavy atom. The van der Waals surface area contributed by atoms with Gasteiger partial charge in [0.1, 0.15) is 5.75 Å². The summed E-state index contributed by atoms with van der Waals surface area (Å²) in [6.07, 6.45) is 1.98. The van der Waals surface area contributed by atoms with E-state index < -0.39 is 10.0 Å². The number of amides is 1. The van der Waals surface area contributed by atoms with Gasteiger partial charge in [-0.2, -0.15) is 4.31 Å². The molecule has 160 valence electrons. The van der Waals surface area contributed by atoms with Crippen molar-refractivity contribution >= 4 is 15.9 Å². The highest BCUT2D eigenvalue weighted by molar-refractivity contribution is 7.89. The number of hydrogen-bond donors (Lipinski definition) is 0. The molecule has 0 spiro atoms. The first kappa shape index (κ1) is 20.8. The predicted octanol–water partition coefficient (Wildman–Crippen LogP) is 2.52. The van der Waals surface area contributed by atoms with Gasteiger partial charge in [-0.05, 0) is 54.8 Å². The predicted molar refractivity (Wildman–Crippen MR) is 112 cm³/mol. The van der Waals surface area contributed by atoms with E-state index in [-0.39, 0.29) is 16.8 Å². The third-order valence-corrected chi connectivity index (χ3v) is 7.38. The molecule has 2 fully saturated rings. The number of hydrogen-bond acceptors (Lipinski definition) is 5. The quantitative estimate of drug-likeness (QED) is 0.675.